The second-order valence-electron chi connectivity index (χ2n) is 7.77. The molecule has 1 aliphatic rings. The Hall–Kier alpha value is -3.55. The minimum absolute atomic E-state index is 0.0833. The number of rotatable bonds is 6. The first-order chi connectivity index (χ1) is 16.1. The minimum Gasteiger partial charge on any atom is -0.376 e. The van der Waals surface area contributed by atoms with Crippen LogP contribution in [-0.4, -0.2) is 36.2 Å². The number of carbonyl (C=O) groups is 2. The molecule has 1 saturated heterocycles. The van der Waals surface area contributed by atoms with Crippen LogP contribution in [0.4, 0.5) is 5.69 Å². The number of amides is 2. The number of nitrogens with one attached hydrogen (secondary N) is 3. The number of ether oxygens (including phenoxy) is 1. The highest BCUT2D eigenvalue weighted by Gasteiger charge is 2.16. The van der Waals surface area contributed by atoms with Crippen LogP contribution in [0, 0.1) is 0 Å². The van der Waals surface area contributed by atoms with Crippen LogP contribution in [0.5, 0.6) is 0 Å². The molecule has 6 nitrogen and oxygen atoms in total. The van der Waals surface area contributed by atoms with Crippen LogP contribution in [0.2, 0.25) is 0 Å². The molecule has 0 saturated carbocycles. The number of thiocarbonyl (C=S) groups is 1. The molecule has 33 heavy (non-hydrogen) atoms. The number of benzene rings is 3. The minimum atomic E-state index is -0.342. The third kappa shape index (κ3) is 6.25. The van der Waals surface area contributed by atoms with Crippen LogP contribution < -0.4 is 16.0 Å². The van der Waals surface area contributed by atoms with Crippen molar-refractivity contribution in [2.75, 3.05) is 18.5 Å². The van der Waals surface area contributed by atoms with Crippen molar-refractivity contribution in [3.63, 3.8) is 0 Å². The van der Waals surface area contributed by atoms with Gasteiger partial charge < -0.3 is 15.4 Å². The van der Waals surface area contributed by atoms with Gasteiger partial charge in [0.25, 0.3) is 5.91 Å². The van der Waals surface area contributed by atoms with Crippen LogP contribution in [-0.2, 0) is 9.53 Å². The maximum absolute atomic E-state index is 12.4. The summed E-state index contributed by atoms with van der Waals surface area (Å²) < 4.78 is 5.53. The highest BCUT2D eigenvalue weighted by atomic mass is 32.1. The lowest BCUT2D eigenvalue weighted by molar-refractivity contribution is -0.115. The van der Waals surface area contributed by atoms with E-state index >= 15 is 0 Å². The van der Waals surface area contributed by atoms with Gasteiger partial charge in [0, 0.05) is 30.5 Å². The zero-order valence-corrected chi connectivity index (χ0v) is 18.9. The fourth-order valence-electron chi connectivity index (χ4n) is 3.73. The summed E-state index contributed by atoms with van der Waals surface area (Å²) in [5, 5.41) is 10.8. The summed E-state index contributed by atoms with van der Waals surface area (Å²) in [7, 11) is 0. The Morgan fingerprint density at radius 1 is 1.06 bits per heavy atom. The van der Waals surface area contributed by atoms with Crippen LogP contribution in [0.15, 0.2) is 72.8 Å². The van der Waals surface area contributed by atoms with E-state index in [1.807, 2.05) is 42.5 Å². The van der Waals surface area contributed by atoms with Crippen molar-refractivity contribution in [3.8, 4) is 0 Å². The Balaban J connectivity index is 1.31. The molecule has 1 atom stereocenters. The van der Waals surface area contributed by atoms with E-state index in [4.69, 9.17) is 17.0 Å². The summed E-state index contributed by atoms with van der Waals surface area (Å²) in [5.41, 5.74) is 2.06. The van der Waals surface area contributed by atoms with Crippen molar-refractivity contribution in [2.45, 2.75) is 18.9 Å². The monoisotopic (exact) mass is 459 g/mol. The number of hydrogen-bond donors (Lipinski definition) is 3. The van der Waals surface area contributed by atoms with Gasteiger partial charge in [-0.25, -0.2) is 0 Å². The Morgan fingerprint density at radius 3 is 2.73 bits per heavy atom. The van der Waals surface area contributed by atoms with Crippen molar-refractivity contribution >= 4 is 51.7 Å². The SMILES string of the molecule is O=C(/C=C/c1cccc2ccccc12)NC(=S)Nc1cccc(C(=O)NCC2CCCO2)c1. The number of carbonyl (C=O) groups excluding carboxylic acids is 2. The van der Waals surface area contributed by atoms with Gasteiger partial charge in [-0.2, -0.15) is 0 Å². The lowest BCUT2D eigenvalue weighted by Crippen LogP contribution is -2.33. The summed E-state index contributed by atoms with van der Waals surface area (Å²) >= 11 is 5.26. The highest BCUT2D eigenvalue weighted by molar-refractivity contribution is 7.80. The molecule has 0 aliphatic carbocycles. The summed E-state index contributed by atoms with van der Waals surface area (Å²) in [5.74, 6) is -0.520. The zero-order valence-electron chi connectivity index (χ0n) is 18.0. The molecule has 3 aromatic rings. The number of fused-ring (bicyclic) bond motifs is 1. The van der Waals surface area contributed by atoms with E-state index in [0.29, 0.717) is 17.8 Å². The molecule has 3 aromatic carbocycles. The maximum atomic E-state index is 12.4. The van der Waals surface area contributed by atoms with Gasteiger partial charge in [-0.3, -0.25) is 14.9 Å². The van der Waals surface area contributed by atoms with Crippen molar-refractivity contribution in [3.05, 3.63) is 83.9 Å². The van der Waals surface area contributed by atoms with Crippen molar-refractivity contribution < 1.29 is 14.3 Å². The molecular formula is C26H25N3O3S. The first kappa shape index (κ1) is 22.6. The molecular weight excluding hydrogens is 434 g/mol. The second-order valence-corrected chi connectivity index (χ2v) is 8.18. The van der Waals surface area contributed by atoms with Crippen LogP contribution in [0.3, 0.4) is 0 Å². The average molecular weight is 460 g/mol. The summed E-state index contributed by atoms with van der Waals surface area (Å²) in [6.45, 7) is 1.24. The zero-order chi connectivity index (χ0) is 23.0. The van der Waals surface area contributed by atoms with E-state index in [-0.39, 0.29) is 23.0 Å². The van der Waals surface area contributed by atoms with Gasteiger partial charge in [0.05, 0.1) is 6.10 Å². The van der Waals surface area contributed by atoms with Gasteiger partial charge in [-0.15, -0.1) is 0 Å². The standard InChI is InChI=1S/C26H25N3O3S/c30-24(14-13-19-8-3-7-18-6-1-2-12-23(18)19)29-26(33)28-21-10-4-9-20(16-21)25(31)27-17-22-11-5-15-32-22/h1-4,6-10,12-14,16,22H,5,11,15,17H2,(H,27,31)(H2,28,29,30,33)/b14-13+. The normalized spacial score (nSPS) is 15.5. The molecule has 1 heterocycles. The smallest absolute Gasteiger partial charge is 0.251 e. The third-order valence-corrected chi connectivity index (χ3v) is 5.58. The van der Waals surface area contributed by atoms with Gasteiger partial charge in [0.2, 0.25) is 5.91 Å². The van der Waals surface area contributed by atoms with Gasteiger partial charge >= 0.3 is 0 Å². The van der Waals surface area contributed by atoms with E-state index in [1.54, 1.807) is 30.3 Å². The quantitative estimate of drug-likeness (QED) is 0.379. The van der Waals surface area contributed by atoms with E-state index in [0.717, 1.165) is 35.8 Å². The molecule has 7 heteroatoms. The van der Waals surface area contributed by atoms with Gasteiger partial charge in [-0.05, 0) is 65.7 Å². The molecule has 0 bridgehead atoms. The average Bonchev–Trinajstić information content (AvgIpc) is 3.35. The van der Waals surface area contributed by atoms with Gasteiger partial charge in [-0.1, -0.05) is 48.5 Å². The van der Waals surface area contributed by atoms with Crippen LogP contribution in [0.25, 0.3) is 16.8 Å². The van der Waals surface area contributed by atoms with Gasteiger partial charge in [0.1, 0.15) is 0 Å². The van der Waals surface area contributed by atoms with Gasteiger partial charge in [0.15, 0.2) is 5.11 Å². The molecule has 0 radical (unpaired) electrons. The molecule has 1 aliphatic heterocycles. The lowest BCUT2D eigenvalue weighted by atomic mass is 10.0. The van der Waals surface area contributed by atoms with Crippen molar-refractivity contribution in [2.24, 2.45) is 0 Å². The summed E-state index contributed by atoms with van der Waals surface area (Å²) in [6, 6.07) is 20.9. The summed E-state index contributed by atoms with van der Waals surface area (Å²) in [6.07, 6.45) is 5.29. The van der Waals surface area contributed by atoms with Crippen LogP contribution >= 0.6 is 12.2 Å². The highest BCUT2D eigenvalue weighted by Crippen LogP contribution is 2.19. The fraction of sp³-hybridized carbons (Fsp3) is 0.192. The predicted molar refractivity (Wildman–Crippen MR) is 135 cm³/mol. The first-order valence-electron chi connectivity index (χ1n) is 10.9. The fourth-order valence-corrected chi connectivity index (χ4v) is 3.95. The Kier molecular flexibility index (Phi) is 7.44. The van der Waals surface area contributed by atoms with E-state index < -0.39 is 0 Å². The predicted octanol–water partition coefficient (Wildman–Crippen LogP) is 4.28. The number of anilines is 1. The van der Waals surface area contributed by atoms with E-state index in [2.05, 4.69) is 16.0 Å². The van der Waals surface area contributed by atoms with Crippen LogP contribution in [0.1, 0.15) is 28.8 Å². The molecule has 0 spiro atoms. The Morgan fingerprint density at radius 2 is 1.88 bits per heavy atom. The lowest BCUT2D eigenvalue weighted by Gasteiger charge is -2.12. The van der Waals surface area contributed by atoms with Crippen molar-refractivity contribution in [1.82, 2.24) is 10.6 Å². The molecule has 0 aromatic heterocycles. The van der Waals surface area contributed by atoms with Crippen molar-refractivity contribution in [1.29, 1.82) is 0 Å². The maximum Gasteiger partial charge on any atom is 0.251 e. The van der Waals surface area contributed by atoms with E-state index in [9.17, 15) is 9.59 Å². The topological polar surface area (TPSA) is 79.5 Å². The molecule has 1 fully saturated rings. The molecule has 168 valence electrons. The molecule has 2 amide bonds. The molecule has 4 rings (SSSR count). The molecule has 1 unspecified atom stereocenters. The number of hydrogen-bond acceptors (Lipinski definition) is 4. The largest absolute Gasteiger partial charge is 0.376 e. The first-order valence-corrected chi connectivity index (χ1v) is 11.3. The molecule has 3 N–H and O–H groups in total. The summed E-state index contributed by atoms with van der Waals surface area (Å²) in [4.78, 5) is 24.8. The second kappa shape index (κ2) is 10.8. The Bertz CT molecular complexity index is 1200. The third-order valence-electron chi connectivity index (χ3n) is 5.37. The Labute approximate surface area is 198 Å². The van der Waals surface area contributed by atoms with E-state index in [1.165, 1.54) is 6.08 Å².